The number of hydrogen-bond donors (Lipinski definition) is 2. The van der Waals surface area contributed by atoms with Crippen LogP contribution in [-0.4, -0.2) is 34.7 Å². The SMILES string of the molecule is O=c1[nH]c(=O)n(C(OCCO)c2ccc3c(c2)OCO3)cc1F. The molecule has 1 aliphatic heterocycles. The van der Waals surface area contributed by atoms with Crippen LogP contribution in [0.15, 0.2) is 34.0 Å². The van der Waals surface area contributed by atoms with Gasteiger partial charge < -0.3 is 19.3 Å². The van der Waals surface area contributed by atoms with Crippen LogP contribution in [0, 0.1) is 5.82 Å². The van der Waals surface area contributed by atoms with Crippen LogP contribution >= 0.6 is 0 Å². The molecule has 8 nitrogen and oxygen atoms in total. The van der Waals surface area contributed by atoms with Crippen LogP contribution in [0.3, 0.4) is 0 Å². The van der Waals surface area contributed by atoms with E-state index in [0.29, 0.717) is 17.1 Å². The molecule has 0 saturated carbocycles. The molecule has 2 aromatic rings. The third-order valence-electron chi connectivity index (χ3n) is 3.23. The molecule has 1 atom stereocenters. The summed E-state index contributed by atoms with van der Waals surface area (Å²) in [5, 5.41) is 8.94. The van der Waals surface area contributed by atoms with Crippen LogP contribution < -0.4 is 20.7 Å². The van der Waals surface area contributed by atoms with Gasteiger partial charge in [-0.3, -0.25) is 14.3 Å². The number of nitrogens with zero attached hydrogens (tertiary/aromatic N) is 1. The first-order valence-electron chi connectivity index (χ1n) is 6.73. The second-order valence-electron chi connectivity index (χ2n) is 4.70. The molecule has 2 N–H and O–H groups in total. The Hall–Kier alpha value is -2.65. The predicted molar refractivity (Wildman–Crippen MR) is 75.0 cm³/mol. The zero-order valence-electron chi connectivity index (χ0n) is 11.8. The maximum absolute atomic E-state index is 13.5. The number of aromatic amines is 1. The summed E-state index contributed by atoms with van der Waals surface area (Å²) in [5.41, 5.74) is -1.48. The van der Waals surface area contributed by atoms with E-state index in [-0.39, 0.29) is 20.0 Å². The van der Waals surface area contributed by atoms with E-state index < -0.39 is 23.3 Å². The normalized spacial score (nSPS) is 14.0. The second-order valence-corrected chi connectivity index (χ2v) is 4.70. The number of aromatic nitrogens is 2. The Morgan fingerprint density at radius 1 is 1.35 bits per heavy atom. The Kier molecular flexibility index (Phi) is 4.13. The molecule has 0 bridgehead atoms. The maximum atomic E-state index is 13.5. The Balaban J connectivity index is 2.06. The lowest BCUT2D eigenvalue weighted by molar-refractivity contribution is 0.00729. The van der Waals surface area contributed by atoms with Gasteiger partial charge in [0.2, 0.25) is 12.6 Å². The standard InChI is InChI=1S/C14H13FN2O6/c15-9-6-17(14(20)16-12(9)19)13(21-4-3-18)8-1-2-10-11(5-8)23-7-22-10/h1-2,5-6,13,18H,3-4,7H2,(H,16,19,20). The van der Waals surface area contributed by atoms with Crippen LogP contribution in [-0.2, 0) is 4.74 Å². The predicted octanol–water partition coefficient (Wildman–Crippen LogP) is -0.0398. The highest BCUT2D eigenvalue weighted by molar-refractivity contribution is 5.45. The molecular weight excluding hydrogens is 311 g/mol. The number of rotatable bonds is 5. The molecule has 1 aromatic heterocycles. The molecule has 122 valence electrons. The Morgan fingerprint density at radius 3 is 2.91 bits per heavy atom. The summed E-state index contributed by atoms with van der Waals surface area (Å²) in [6, 6.07) is 4.82. The lowest BCUT2D eigenvalue weighted by Gasteiger charge is -2.20. The summed E-state index contributed by atoms with van der Waals surface area (Å²) in [6.45, 7) is -0.303. The van der Waals surface area contributed by atoms with Gasteiger partial charge in [-0.2, -0.15) is 4.39 Å². The lowest BCUT2D eigenvalue weighted by Crippen LogP contribution is -2.35. The highest BCUT2D eigenvalue weighted by Gasteiger charge is 2.21. The van der Waals surface area contributed by atoms with Gasteiger partial charge in [0.1, 0.15) is 0 Å². The number of aliphatic hydroxyl groups is 1. The molecule has 0 saturated heterocycles. The van der Waals surface area contributed by atoms with E-state index in [1.807, 2.05) is 4.98 Å². The van der Waals surface area contributed by atoms with Crippen LogP contribution in [0.1, 0.15) is 11.8 Å². The van der Waals surface area contributed by atoms with Crippen molar-refractivity contribution in [1.82, 2.24) is 9.55 Å². The van der Waals surface area contributed by atoms with E-state index >= 15 is 0 Å². The van der Waals surface area contributed by atoms with Crippen molar-refractivity contribution in [2.45, 2.75) is 6.23 Å². The molecule has 0 fully saturated rings. The van der Waals surface area contributed by atoms with Gasteiger partial charge in [0.25, 0.3) is 5.56 Å². The van der Waals surface area contributed by atoms with Gasteiger partial charge in [0, 0.05) is 5.56 Å². The topological polar surface area (TPSA) is 103 Å². The summed E-state index contributed by atoms with van der Waals surface area (Å²) in [5.74, 6) is -0.129. The Morgan fingerprint density at radius 2 is 2.13 bits per heavy atom. The quantitative estimate of drug-likeness (QED) is 0.800. The number of hydrogen-bond acceptors (Lipinski definition) is 6. The fourth-order valence-electron chi connectivity index (χ4n) is 2.20. The van der Waals surface area contributed by atoms with Crippen LogP contribution in [0.25, 0.3) is 0 Å². The summed E-state index contributed by atoms with van der Waals surface area (Å²) in [7, 11) is 0. The first-order valence-corrected chi connectivity index (χ1v) is 6.73. The van der Waals surface area contributed by atoms with Crippen molar-refractivity contribution in [2.24, 2.45) is 0 Å². The largest absolute Gasteiger partial charge is 0.454 e. The highest BCUT2D eigenvalue weighted by Crippen LogP contribution is 2.35. The van der Waals surface area contributed by atoms with E-state index in [2.05, 4.69) is 0 Å². The zero-order valence-corrected chi connectivity index (χ0v) is 11.8. The molecule has 0 spiro atoms. The molecule has 1 aromatic carbocycles. The lowest BCUT2D eigenvalue weighted by atomic mass is 10.1. The minimum Gasteiger partial charge on any atom is -0.454 e. The smallest absolute Gasteiger partial charge is 0.330 e. The molecule has 2 heterocycles. The Bertz CT molecular complexity index is 831. The number of fused-ring (bicyclic) bond motifs is 1. The van der Waals surface area contributed by atoms with Crippen molar-refractivity contribution >= 4 is 0 Å². The van der Waals surface area contributed by atoms with Crippen molar-refractivity contribution in [3.8, 4) is 11.5 Å². The van der Waals surface area contributed by atoms with E-state index in [1.54, 1.807) is 18.2 Å². The monoisotopic (exact) mass is 324 g/mol. The average Bonchev–Trinajstić information content (AvgIpc) is 3.00. The van der Waals surface area contributed by atoms with Crippen LogP contribution in [0.2, 0.25) is 0 Å². The van der Waals surface area contributed by atoms with Gasteiger partial charge in [0.15, 0.2) is 17.7 Å². The number of benzene rings is 1. The summed E-state index contributed by atoms with van der Waals surface area (Å²) in [6.07, 6.45) is -0.288. The molecule has 1 aliphatic rings. The van der Waals surface area contributed by atoms with E-state index in [0.717, 1.165) is 10.8 Å². The van der Waals surface area contributed by atoms with E-state index in [4.69, 9.17) is 19.3 Å². The summed E-state index contributed by atoms with van der Waals surface area (Å²) in [4.78, 5) is 25.0. The zero-order chi connectivity index (χ0) is 16.4. The third kappa shape index (κ3) is 2.96. The van der Waals surface area contributed by atoms with Gasteiger partial charge in [0.05, 0.1) is 19.4 Å². The molecule has 23 heavy (non-hydrogen) atoms. The summed E-state index contributed by atoms with van der Waals surface area (Å²) >= 11 is 0. The van der Waals surface area contributed by atoms with Crippen LogP contribution in [0.5, 0.6) is 11.5 Å². The van der Waals surface area contributed by atoms with Gasteiger partial charge in [-0.15, -0.1) is 0 Å². The van der Waals surface area contributed by atoms with E-state index in [1.165, 1.54) is 0 Å². The molecule has 3 rings (SSSR count). The molecule has 0 aliphatic carbocycles. The number of H-pyrrole nitrogens is 1. The van der Waals surface area contributed by atoms with Crippen molar-refractivity contribution in [3.05, 3.63) is 56.6 Å². The Labute approximate surface area is 128 Å². The maximum Gasteiger partial charge on any atom is 0.330 e. The molecule has 0 amide bonds. The van der Waals surface area contributed by atoms with Gasteiger partial charge in [-0.25, -0.2) is 4.79 Å². The summed E-state index contributed by atoms with van der Waals surface area (Å²) < 4.78 is 30.3. The minimum absolute atomic E-state index is 0.0776. The number of halogens is 1. The van der Waals surface area contributed by atoms with E-state index in [9.17, 15) is 14.0 Å². The van der Waals surface area contributed by atoms with Gasteiger partial charge in [-0.1, -0.05) is 6.07 Å². The fourth-order valence-corrected chi connectivity index (χ4v) is 2.20. The fraction of sp³-hybridized carbons (Fsp3) is 0.286. The van der Waals surface area contributed by atoms with Gasteiger partial charge in [-0.05, 0) is 12.1 Å². The first-order chi connectivity index (χ1) is 11.1. The highest BCUT2D eigenvalue weighted by atomic mass is 19.1. The van der Waals surface area contributed by atoms with Crippen molar-refractivity contribution in [2.75, 3.05) is 20.0 Å². The number of nitrogens with one attached hydrogen (secondary N) is 1. The number of ether oxygens (including phenoxy) is 3. The van der Waals surface area contributed by atoms with Gasteiger partial charge >= 0.3 is 5.69 Å². The minimum atomic E-state index is -1.12. The van der Waals surface area contributed by atoms with Crippen molar-refractivity contribution in [1.29, 1.82) is 0 Å². The molecule has 9 heteroatoms. The second kappa shape index (κ2) is 6.23. The molecule has 0 radical (unpaired) electrons. The molecular formula is C14H13FN2O6. The first kappa shape index (κ1) is 15.3. The number of aliphatic hydroxyl groups excluding tert-OH is 1. The molecule has 1 unspecified atom stereocenters. The third-order valence-corrected chi connectivity index (χ3v) is 3.23. The average molecular weight is 324 g/mol. The van der Waals surface area contributed by atoms with Crippen molar-refractivity contribution < 1.29 is 23.7 Å². The van der Waals surface area contributed by atoms with Crippen molar-refractivity contribution in [3.63, 3.8) is 0 Å². The van der Waals surface area contributed by atoms with Crippen LogP contribution in [0.4, 0.5) is 4.39 Å².